The Morgan fingerprint density at radius 1 is 1.82 bits per heavy atom. The lowest BCUT2D eigenvalue weighted by atomic mass is 10.5. The number of rotatable bonds is 3. The van der Waals surface area contributed by atoms with E-state index in [2.05, 4.69) is 14.9 Å². The van der Waals surface area contributed by atoms with Crippen molar-refractivity contribution in [2.75, 3.05) is 6.61 Å². The second-order valence-electron chi connectivity index (χ2n) is 1.75. The third-order valence-corrected chi connectivity index (χ3v) is 1.72. The van der Waals surface area contributed by atoms with Crippen LogP contribution in [0.25, 0.3) is 0 Å². The molecule has 0 aliphatic carbocycles. The van der Waals surface area contributed by atoms with Crippen LogP contribution in [-0.2, 0) is 11.2 Å². The summed E-state index contributed by atoms with van der Waals surface area (Å²) in [5.74, 6) is 0. The van der Waals surface area contributed by atoms with Gasteiger partial charge >= 0.3 is 6.09 Å². The molecule has 1 aromatic rings. The molecule has 1 aromatic heterocycles. The van der Waals surface area contributed by atoms with E-state index < -0.39 is 6.09 Å². The van der Waals surface area contributed by atoms with Crippen LogP contribution in [0.2, 0.25) is 0 Å². The van der Waals surface area contributed by atoms with Crippen molar-refractivity contribution in [3.05, 3.63) is 10.5 Å². The number of amides is 1. The first-order valence-corrected chi connectivity index (χ1v) is 3.84. The summed E-state index contributed by atoms with van der Waals surface area (Å²) < 4.78 is 4.49. The first-order chi connectivity index (χ1) is 5.29. The van der Waals surface area contributed by atoms with Gasteiger partial charge in [-0.2, -0.15) is 0 Å². The van der Waals surface area contributed by atoms with Gasteiger partial charge in [0.2, 0.25) is 0 Å². The maximum absolute atomic E-state index is 10.1. The number of hydrogen-bond donors (Lipinski definition) is 1. The van der Waals surface area contributed by atoms with Crippen molar-refractivity contribution in [1.29, 1.82) is 0 Å². The van der Waals surface area contributed by atoms with E-state index in [1.54, 1.807) is 5.51 Å². The van der Waals surface area contributed by atoms with Gasteiger partial charge in [-0.05, 0) is 0 Å². The number of hydrogen-bond acceptors (Lipinski definition) is 5. The van der Waals surface area contributed by atoms with Crippen LogP contribution in [0.4, 0.5) is 4.79 Å². The SMILES string of the molecule is NC(=O)OCCc1nncs1. The maximum Gasteiger partial charge on any atom is 0.404 e. The van der Waals surface area contributed by atoms with E-state index in [4.69, 9.17) is 5.73 Å². The van der Waals surface area contributed by atoms with Crippen molar-refractivity contribution in [3.8, 4) is 0 Å². The predicted molar refractivity (Wildman–Crippen MR) is 39.1 cm³/mol. The molecule has 0 fully saturated rings. The molecule has 1 amide bonds. The van der Waals surface area contributed by atoms with Gasteiger partial charge in [0.05, 0.1) is 6.61 Å². The average molecular weight is 173 g/mol. The minimum atomic E-state index is -0.755. The molecule has 0 saturated heterocycles. The summed E-state index contributed by atoms with van der Waals surface area (Å²) in [5, 5.41) is 8.21. The topological polar surface area (TPSA) is 78.1 Å². The van der Waals surface area contributed by atoms with E-state index in [-0.39, 0.29) is 6.61 Å². The van der Waals surface area contributed by atoms with Gasteiger partial charge in [0.15, 0.2) is 0 Å². The monoisotopic (exact) mass is 173 g/mol. The summed E-state index contributed by atoms with van der Waals surface area (Å²) in [6.45, 7) is 0.268. The molecule has 0 saturated carbocycles. The molecule has 0 bridgehead atoms. The minimum Gasteiger partial charge on any atom is -0.449 e. The van der Waals surface area contributed by atoms with Crippen LogP contribution < -0.4 is 5.73 Å². The zero-order chi connectivity index (χ0) is 8.10. The fourth-order valence-electron chi connectivity index (χ4n) is 0.544. The maximum atomic E-state index is 10.1. The zero-order valence-electron chi connectivity index (χ0n) is 5.69. The summed E-state index contributed by atoms with van der Waals surface area (Å²) >= 11 is 1.42. The molecule has 0 atom stereocenters. The molecule has 2 N–H and O–H groups in total. The van der Waals surface area contributed by atoms with E-state index in [0.717, 1.165) is 5.01 Å². The minimum absolute atomic E-state index is 0.268. The normalized spacial score (nSPS) is 9.45. The van der Waals surface area contributed by atoms with Crippen LogP contribution in [0.15, 0.2) is 5.51 Å². The Morgan fingerprint density at radius 2 is 2.64 bits per heavy atom. The molecule has 11 heavy (non-hydrogen) atoms. The van der Waals surface area contributed by atoms with Crippen LogP contribution in [0.5, 0.6) is 0 Å². The van der Waals surface area contributed by atoms with E-state index in [1.807, 2.05) is 0 Å². The third-order valence-electron chi connectivity index (χ3n) is 0.965. The van der Waals surface area contributed by atoms with Gasteiger partial charge < -0.3 is 10.5 Å². The highest BCUT2D eigenvalue weighted by atomic mass is 32.1. The summed E-state index contributed by atoms with van der Waals surface area (Å²) in [6, 6.07) is 0. The highest BCUT2D eigenvalue weighted by Gasteiger charge is 1.97. The van der Waals surface area contributed by atoms with Gasteiger partial charge in [-0.15, -0.1) is 21.5 Å². The summed E-state index contributed by atoms with van der Waals surface area (Å²) in [6.07, 6.45) is -0.178. The molecule has 0 aliphatic rings. The molecule has 0 aromatic carbocycles. The van der Waals surface area contributed by atoms with Crippen LogP contribution in [0, 0.1) is 0 Å². The second-order valence-corrected chi connectivity index (χ2v) is 2.67. The third kappa shape index (κ3) is 2.94. The average Bonchev–Trinajstić information content (AvgIpc) is 2.39. The Labute approximate surface area is 67.2 Å². The number of aromatic nitrogens is 2. The Morgan fingerprint density at radius 3 is 3.18 bits per heavy atom. The molecule has 1 rings (SSSR count). The lowest BCUT2D eigenvalue weighted by molar-refractivity contribution is 0.158. The Balaban J connectivity index is 2.19. The first-order valence-electron chi connectivity index (χ1n) is 2.96. The van der Waals surface area contributed by atoms with Crippen LogP contribution >= 0.6 is 11.3 Å². The van der Waals surface area contributed by atoms with E-state index >= 15 is 0 Å². The zero-order valence-corrected chi connectivity index (χ0v) is 6.50. The fraction of sp³-hybridized carbons (Fsp3) is 0.400. The van der Waals surface area contributed by atoms with Crippen molar-refractivity contribution in [2.45, 2.75) is 6.42 Å². The smallest absolute Gasteiger partial charge is 0.404 e. The highest BCUT2D eigenvalue weighted by molar-refractivity contribution is 7.09. The van der Waals surface area contributed by atoms with Gasteiger partial charge in [0.25, 0.3) is 0 Å². The summed E-state index contributed by atoms with van der Waals surface area (Å²) in [5.41, 5.74) is 6.36. The number of nitrogens with two attached hydrogens (primary N) is 1. The van der Waals surface area contributed by atoms with Crippen molar-refractivity contribution in [3.63, 3.8) is 0 Å². The summed E-state index contributed by atoms with van der Waals surface area (Å²) in [4.78, 5) is 10.1. The van der Waals surface area contributed by atoms with Gasteiger partial charge in [0, 0.05) is 6.42 Å². The Hall–Kier alpha value is -1.17. The lowest BCUT2D eigenvalue weighted by Crippen LogP contribution is -2.14. The molecule has 5 nitrogen and oxygen atoms in total. The largest absolute Gasteiger partial charge is 0.449 e. The molecule has 1 heterocycles. The van der Waals surface area contributed by atoms with Gasteiger partial charge in [-0.1, -0.05) is 0 Å². The highest BCUT2D eigenvalue weighted by Crippen LogP contribution is 2.01. The molecule has 0 spiro atoms. The lowest BCUT2D eigenvalue weighted by Gasteiger charge is -1.96. The fourth-order valence-corrected chi connectivity index (χ4v) is 1.06. The predicted octanol–water partition coefficient (Wildman–Crippen LogP) is 0.176. The Kier molecular flexibility index (Phi) is 2.79. The number of ether oxygens (including phenoxy) is 1. The second kappa shape index (κ2) is 3.87. The number of carbonyl (C=O) groups is 1. The molecular formula is C5H7N3O2S. The molecule has 6 heteroatoms. The summed E-state index contributed by atoms with van der Waals surface area (Å²) in [7, 11) is 0. The number of carbonyl (C=O) groups excluding carboxylic acids is 1. The van der Waals surface area contributed by atoms with Crippen molar-refractivity contribution in [2.24, 2.45) is 5.73 Å². The molecular weight excluding hydrogens is 166 g/mol. The molecule has 0 radical (unpaired) electrons. The van der Waals surface area contributed by atoms with Crippen molar-refractivity contribution < 1.29 is 9.53 Å². The molecule has 60 valence electrons. The van der Waals surface area contributed by atoms with Crippen molar-refractivity contribution >= 4 is 17.4 Å². The Bertz CT molecular complexity index is 224. The molecule has 0 aliphatic heterocycles. The van der Waals surface area contributed by atoms with Gasteiger partial charge in [-0.25, -0.2) is 4.79 Å². The quantitative estimate of drug-likeness (QED) is 0.707. The van der Waals surface area contributed by atoms with Crippen molar-refractivity contribution in [1.82, 2.24) is 10.2 Å². The first kappa shape index (κ1) is 7.93. The van der Waals surface area contributed by atoms with E-state index in [9.17, 15) is 4.79 Å². The van der Waals surface area contributed by atoms with Gasteiger partial charge in [-0.3, -0.25) is 0 Å². The van der Waals surface area contributed by atoms with Crippen LogP contribution in [0.1, 0.15) is 5.01 Å². The standard InChI is InChI=1S/C5H7N3O2S/c6-5(9)10-2-1-4-8-7-3-11-4/h3H,1-2H2,(H2,6,9). The van der Waals surface area contributed by atoms with Crippen LogP contribution in [0.3, 0.4) is 0 Å². The van der Waals surface area contributed by atoms with E-state index in [1.165, 1.54) is 11.3 Å². The van der Waals surface area contributed by atoms with Gasteiger partial charge in [0.1, 0.15) is 10.5 Å². The molecule has 0 unspecified atom stereocenters. The van der Waals surface area contributed by atoms with Crippen LogP contribution in [-0.4, -0.2) is 22.9 Å². The number of primary amides is 1. The van der Waals surface area contributed by atoms with E-state index in [0.29, 0.717) is 6.42 Å². The number of nitrogens with zero attached hydrogens (tertiary/aromatic N) is 2.